The van der Waals surface area contributed by atoms with E-state index in [9.17, 15) is 27.9 Å². The number of halogens is 3. The summed E-state index contributed by atoms with van der Waals surface area (Å²) < 4.78 is 46.2. The minimum atomic E-state index is -4.62. The number of carbonyl (C=O) groups excluding carboxylic acids is 1. The van der Waals surface area contributed by atoms with Gasteiger partial charge in [-0.25, -0.2) is 15.0 Å². The van der Waals surface area contributed by atoms with Crippen LogP contribution in [-0.4, -0.2) is 69.4 Å². The minimum Gasteiger partial charge on any atom is -0.496 e. The number of nitrogens with one attached hydrogen (secondary N) is 1. The van der Waals surface area contributed by atoms with Gasteiger partial charge >= 0.3 is 12.1 Å². The SMILES string of the molecule is COc1ccc(-c2nc(NC(=O)c3cnc(N4CCC(C(=O)O)CC4)cn3)sc2CN2CCCC2P)cc1C(F)(F)F. The second-order valence-corrected chi connectivity index (χ2v) is 12.1. The summed E-state index contributed by atoms with van der Waals surface area (Å²) in [6.45, 7) is 2.37. The van der Waals surface area contributed by atoms with E-state index in [1.807, 2.05) is 4.90 Å². The third kappa shape index (κ3) is 6.66. The Labute approximate surface area is 246 Å². The number of nitrogens with zero attached hydrogens (tertiary/aromatic N) is 5. The van der Waals surface area contributed by atoms with Crippen LogP contribution in [0.2, 0.25) is 0 Å². The number of hydrogen-bond donors (Lipinski definition) is 2. The highest BCUT2D eigenvalue weighted by Crippen LogP contribution is 2.41. The lowest BCUT2D eigenvalue weighted by atomic mass is 9.97. The summed E-state index contributed by atoms with van der Waals surface area (Å²) >= 11 is 1.21. The van der Waals surface area contributed by atoms with E-state index >= 15 is 0 Å². The van der Waals surface area contributed by atoms with Crippen molar-refractivity contribution in [2.24, 2.45) is 5.92 Å². The van der Waals surface area contributed by atoms with Gasteiger partial charge in [-0.05, 0) is 50.4 Å². The molecule has 0 saturated carbocycles. The molecule has 2 saturated heterocycles. The van der Waals surface area contributed by atoms with Crippen LogP contribution in [0.3, 0.4) is 0 Å². The topological polar surface area (TPSA) is 121 Å². The summed E-state index contributed by atoms with van der Waals surface area (Å²) in [6.07, 6.45) is 1.20. The average molecular weight is 623 g/mol. The molecule has 2 unspecified atom stereocenters. The fourth-order valence-electron chi connectivity index (χ4n) is 5.17. The number of benzene rings is 1. The van der Waals surface area contributed by atoms with Gasteiger partial charge in [0.15, 0.2) is 5.13 Å². The number of carboxylic acid groups (broad SMARTS) is 1. The quantitative estimate of drug-likeness (QED) is 0.335. The van der Waals surface area contributed by atoms with E-state index in [1.54, 1.807) is 0 Å². The Morgan fingerprint density at radius 3 is 2.52 bits per heavy atom. The van der Waals surface area contributed by atoms with Crippen molar-refractivity contribution in [3.8, 4) is 17.0 Å². The lowest BCUT2D eigenvalue weighted by Crippen LogP contribution is -2.36. The van der Waals surface area contributed by atoms with E-state index in [-0.39, 0.29) is 33.8 Å². The van der Waals surface area contributed by atoms with Crippen LogP contribution in [0.15, 0.2) is 30.6 Å². The number of methoxy groups -OCH3 is 1. The molecule has 2 aliphatic rings. The van der Waals surface area contributed by atoms with E-state index in [2.05, 4.69) is 34.4 Å². The Balaban J connectivity index is 1.37. The molecule has 0 spiro atoms. The summed E-state index contributed by atoms with van der Waals surface area (Å²) in [4.78, 5) is 42.2. The molecule has 15 heteroatoms. The number of piperidine rings is 1. The summed E-state index contributed by atoms with van der Waals surface area (Å²) in [5.74, 6) is -1.23. The predicted molar refractivity (Wildman–Crippen MR) is 155 cm³/mol. The van der Waals surface area contributed by atoms with E-state index in [0.717, 1.165) is 30.3 Å². The molecule has 2 aromatic heterocycles. The van der Waals surface area contributed by atoms with Crippen LogP contribution >= 0.6 is 20.6 Å². The van der Waals surface area contributed by atoms with Crippen molar-refractivity contribution in [3.63, 3.8) is 0 Å². The third-order valence-electron chi connectivity index (χ3n) is 7.50. The highest BCUT2D eigenvalue weighted by atomic mass is 32.1. The van der Waals surface area contributed by atoms with Gasteiger partial charge in [0, 0.05) is 35.9 Å². The second-order valence-electron chi connectivity index (χ2n) is 10.2. The average Bonchev–Trinajstić information content (AvgIpc) is 3.57. The molecule has 3 aromatic rings. The number of hydrogen-bond acceptors (Lipinski definition) is 9. The van der Waals surface area contributed by atoms with Gasteiger partial charge in [0.1, 0.15) is 17.3 Å². The first kappa shape index (κ1) is 30.1. The van der Waals surface area contributed by atoms with Crippen LogP contribution in [0.5, 0.6) is 5.75 Å². The zero-order valence-electron chi connectivity index (χ0n) is 22.7. The molecule has 2 atom stereocenters. The van der Waals surface area contributed by atoms with Crippen molar-refractivity contribution in [1.29, 1.82) is 0 Å². The molecule has 2 fully saturated rings. The lowest BCUT2D eigenvalue weighted by Gasteiger charge is -2.30. The van der Waals surface area contributed by atoms with E-state index in [1.165, 1.54) is 43.0 Å². The Bertz CT molecular complexity index is 1450. The number of likely N-dealkylation sites (tertiary alicyclic amines) is 1. The number of thiazole rings is 1. The maximum atomic E-state index is 13.8. The Morgan fingerprint density at radius 2 is 1.93 bits per heavy atom. The molecule has 1 amide bonds. The molecule has 2 N–H and O–H groups in total. The summed E-state index contributed by atoms with van der Waals surface area (Å²) in [5.41, 5.74) is -0.227. The van der Waals surface area contributed by atoms with Crippen molar-refractivity contribution < 1.29 is 32.6 Å². The molecular formula is C27H30F3N6O4PS. The molecule has 10 nitrogen and oxygen atoms in total. The highest BCUT2D eigenvalue weighted by Gasteiger charge is 2.35. The Hall–Kier alpha value is -3.35. The normalized spacial score (nSPS) is 18.3. The van der Waals surface area contributed by atoms with Crippen molar-refractivity contribution in [1.82, 2.24) is 19.9 Å². The molecule has 5 rings (SSSR count). The molecule has 4 heterocycles. The van der Waals surface area contributed by atoms with Crippen molar-refractivity contribution >= 4 is 43.4 Å². The highest BCUT2D eigenvalue weighted by molar-refractivity contribution is 7.17. The van der Waals surface area contributed by atoms with Gasteiger partial charge in [-0.3, -0.25) is 19.8 Å². The fraction of sp³-hybridized carbons (Fsp3) is 0.444. The number of carbonyl (C=O) groups is 2. The first-order chi connectivity index (χ1) is 20.0. The van der Waals surface area contributed by atoms with Crippen molar-refractivity contribution in [3.05, 3.63) is 46.7 Å². The Kier molecular flexibility index (Phi) is 8.95. The first-order valence-corrected chi connectivity index (χ1v) is 14.9. The largest absolute Gasteiger partial charge is 0.496 e. The van der Waals surface area contributed by atoms with Crippen LogP contribution in [0.4, 0.5) is 24.1 Å². The summed E-state index contributed by atoms with van der Waals surface area (Å²) in [7, 11) is 3.99. The number of aromatic nitrogens is 3. The van der Waals surface area contributed by atoms with Crippen LogP contribution in [0.25, 0.3) is 11.3 Å². The number of anilines is 2. The number of aliphatic carboxylic acids is 1. The van der Waals surface area contributed by atoms with Gasteiger partial charge in [0.25, 0.3) is 5.91 Å². The molecule has 224 valence electrons. The van der Waals surface area contributed by atoms with E-state index in [0.29, 0.717) is 44.0 Å². The van der Waals surface area contributed by atoms with Crippen molar-refractivity contribution in [2.75, 3.05) is 37.0 Å². The summed E-state index contributed by atoms with van der Waals surface area (Å²) in [6, 6.07) is 3.83. The first-order valence-electron chi connectivity index (χ1n) is 13.4. The molecule has 42 heavy (non-hydrogen) atoms. The van der Waals surface area contributed by atoms with Crippen LogP contribution in [-0.2, 0) is 17.5 Å². The van der Waals surface area contributed by atoms with Gasteiger partial charge in [-0.2, -0.15) is 13.2 Å². The summed E-state index contributed by atoms with van der Waals surface area (Å²) in [5, 5.41) is 12.2. The molecule has 2 aliphatic heterocycles. The van der Waals surface area contributed by atoms with Gasteiger partial charge in [-0.15, -0.1) is 9.24 Å². The number of carboxylic acids is 1. The maximum absolute atomic E-state index is 13.8. The van der Waals surface area contributed by atoms with Crippen molar-refractivity contribution in [2.45, 2.75) is 44.2 Å². The second kappa shape index (κ2) is 12.5. The number of ether oxygens (including phenoxy) is 1. The maximum Gasteiger partial charge on any atom is 0.419 e. The standard InChI is InChI=1S/C27H30F3N6O4PS/c1-40-19-5-4-16(11-17(19)27(28,29)30)23-20(14-36-8-2-3-22(36)41)42-26(33-23)34-24(37)18-12-32-21(13-31-18)35-9-6-15(7-10-35)25(38)39/h4-5,11-13,15,22H,2-3,6-10,14,41H2,1H3,(H,38,39)(H,33,34,37). The molecule has 1 aromatic carbocycles. The van der Waals surface area contributed by atoms with E-state index < -0.39 is 23.6 Å². The molecule has 0 radical (unpaired) electrons. The third-order valence-corrected chi connectivity index (χ3v) is 9.21. The number of alkyl halides is 3. The van der Waals surface area contributed by atoms with Crippen LogP contribution in [0, 0.1) is 5.92 Å². The Morgan fingerprint density at radius 1 is 1.17 bits per heavy atom. The zero-order chi connectivity index (χ0) is 30.0. The smallest absolute Gasteiger partial charge is 0.419 e. The van der Waals surface area contributed by atoms with Gasteiger partial charge < -0.3 is 14.7 Å². The number of amides is 1. The molecule has 0 aliphatic carbocycles. The van der Waals surface area contributed by atoms with Gasteiger partial charge in [0.2, 0.25) is 0 Å². The van der Waals surface area contributed by atoms with Crippen LogP contribution < -0.4 is 15.0 Å². The van der Waals surface area contributed by atoms with E-state index in [4.69, 9.17) is 4.74 Å². The van der Waals surface area contributed by atoms with Gasteiger partial charge in [0.05, 0.1) is 36.7 Å². The van der Waals surface area contributed by atoms with Crippen LogP contribution in [0.1, 0.15) is 46.6 Å². The zero-order valence-corrected chi connectivity index (χ0v) is 24.7. The predicted octanol–water partition coefficient (Wildman–Crippen LogP) is 4.98. The van der Waals surface area contributed by atoms with Gasteiger partial charge in [-0.1, -0.05) is 11.3 Å². The fourth-order valence-corrected chi connectivity index (χ4v) is 6.66. The molecular weight excluding hydrogens is 592 g/mol. The monoisotopic (exact) mass is 622 g/mol. The minimum absolute atomic E-state index is 0.0471. The molecule has 0 bridgehead atoms. The lowest BCUT2D eigenvalue weighted by molar-refractivity contribution is -0.142. The number of rotatable bonds is 8.